The normalized spacial score (nSPS) is 11.6. The number of aromatic nitrogens is 1. The molecule has 6 heteroatoms. The zero-order chi connectivity index (χ0) is 19.6. The molecule has 134 valence electrons. The summed E-state index contributed by atoms with van der Waals surface area (Å²) < 4.78 is 1.35. The van der Waals surface area contributed by atoms with Crippen LogP contribution in [0.2, 0.25) is 5.02 Å². The number of aromatic hydroxyl groups is 1. The number of phenolic OH excluding ortho intramolecular Hbond substituents is 1. The number of rotatable bonds is 4. The third-order valence-corrected chi connectivity index (χ3v) is 4.56. The van der Waals surface area contributed by atoms with Gasteiger partial charge in [-0.1, -0.05) is 41.9 Å². The molecular weight excluding hydrogens is 364 g/mol. The fourth-order valence-corrected chi connectivity index (χ4v) is 3.00. The quantitative estimate of drug-likeness (QED) is 0.697. The van der Waals surface area contributed by atoms with Crippen LogP contribution < -0.4 is 5.56 Å². The van der Waals surface area contributed by atoms with Gasteiger partial charge in [0.15, 0.2) is 5.78 Å². The first-order valence-electron chi connectivity index (χ1n) is 8.17. The summed E-state index contributed by atoms with van der Waals surface area (Å²) in [5, 5.41) is 19.6. The van der Waals surface area contributed by atoms with Crippen molar-refractivity contribution in [3.05, 3.63) is 98.4 Å². The topological polar surface area (TPSA) is 83.1 Å². The van der Waals surface area contributed by atoms with E-state index in [4.69, 9.17) is 11.6 Å². The molecule has 1 N–H and O–H groups in total. The highest BCUT2D eigenvalue weighted by Gasteiger charge is 2.19. The van der Waals surface area contributed by atoms with E-state index in [9.17, 15) is 20.0 Å². The van der Waals surface area contributed by atoms with Gasteiger partial charge >= 0.3 is 0 Å². The van der Waals surface area contributed by atoms with Crippen LogP contribution >= 0.6 is 11.6 Å². The largest absolute Gasteiger partial charge is 0.507 e. The number of nitrogens with zero attached hydrogens (tertiary/aromatic N) is 2. The minimum Gasteiger partial charge on any atom is -0.507 e. The zero-order valence-corrected chi connectivity index (χ0v) is 15.1. The van der Waals surface area contributed by atoms with Gasteiger partial charge in [0, 0.05) is 16.8 Å². The Labute approximate surface area is 160 Å². The molecule has 1 atom stereocenters. The highest BCUT2D eigenvalue weighted by atomic mass is 35.5. The van der Waals surface area contributed by atoms with Gasteiger partial charge < -0.3 is 9.67 Å². The maximum absolute atomic E-state index is 12.9. The van der Waals surface area contributed by atoms with Gasteiger partial charge in [0.25, 0.3) is 5.56 Å². The minimum absolute atomic E-state index is 0.00366. The average Bonchev–Trinajstić information content (AvgIpc) is 2.69. The molecular formula is C21H15ClN2O3. The molecule has 0 fully saturated rings. The molecule has 3 aromatic rings. The molecule has 0 saturated heterocycles. The summed E-state index contributed by atoms with van der Waals surface area (Å²) in [5.74, 6) is -0.753. The number of hydrogen-bond donors (Lipinski definition) is 1. The Balaban J connectivity index is 2.15. The minimum atomic E-state index is -0.527. The van der Waals surface area contributed by atoms with Crippen LogP contribution in [0.5, 0.6) is 5.75 Å². The molecule has 0 radical (unpaired) electrons. The fourth-order valence-electron chi connectivity index (χ4n) is 2.83. The van der Waals surface area contributed by atoms with Crippen LogP contribution in [0.4, 0.5) is 0 Å². The molecule has 2 aromatic carbocycles. The van der Waals surface area contributed by atoms with Crippen molar-refractivity contribution < 1.29 is 9.90 Å². The van der Waals surface area contributed by atoms with Crippen molar-refractivity contribution in [2.75, 3.05) is 0 Å². The van der Waals surface area contributed by atoms with Gasteiger partial charge in [-0.3, -0.25) is 9.59 Å². The maximum Gasteiger partial charge on any atom is 0.269 e. The molecule has 0 spiro atoms. The lowest BCUT2D eigenvalue weighted by atomic mass is 10.0. The summed E-state index contributed by atoms with van der Waals surface area (Å²) in [5.41, 5.74) is 0.347. The molecule has 1 heterocycles. The summed E-state index contributed by atoms with van der Waals surface area (Å²) in [7, 11) is 0. The molecule has 0 aliphatic heterocycles. The maximum atomic E-state index is 12.9. The first-order chi connectivity index (χ1) is 12.9. The molecule has 27 heavy (non-hydrogen) atoms. The number of halogens is 1. The number of phenols is 1. The number of benzene rings is 2. The highest BCUT2D eigenvalue weighted by Crippen LogP contribution is 2.25. The van der Waals surface area contributed by atoms with Crippen LogP contribution in [-0.4, -0.2) is 15.5 Å². The van der Waals surface area contributed by atoms with E-state index in [1.165, 1.54) is 35.0 Å². The summed E-state index contributed by atoms with van der Waals surface area (Å²) >= 11 is 5.92. The van der Waals surface area contributed by atoms with Crippen LogP contribution in [0.25, 0.3) is 0 Å². The average molecular weight is 379 g/mol. The van der Waals surface area contributed by atoms with E-state index in [-0.39, 0.29) is 28.5 Å². The number of carbonyl (C=O) groups is 1. The predicted octanol–water partition coefficient (Wildman–Crippen LogP) is 3.92. The summed E-state index contributed by atoms with van der Waals surface area (Å²) in [6.07, 6.45) is 1.41. The van der Waals surface area contributed by atoms with Crippen molar-refractivity contribution in [1.82, 2.24) is 4.57 Å². The Morgan fingerprint density at radius 3 is 2.56 bits per heavy atom. The number of hydrogen-bond acceptors (Lipinski definition) is 4. The monoisotopic (exact) mass is 378 g/mol. The Kier molecular flexibility index (Phi) is 5.11. The van der Waals surface area contributed by atoms with Crippen LogP contribution in [0, 0.1) is 11.3 Å². The summed E-state index contributed by atoms with van der Waals surface area (Å²) in [6, 6.07) is 16.1. The van der Waals surface area contributed by atoms with Crippen LogP contribution in [0.3, 0.4) is 0 Å². The molecule has 0 bridgehead atoms. The Bertz CT molecular complexity index is 1110. The first kappa shape index (κ1) is 18.4. The number of carbonyl (C=O) groups excluding carboxylic acids is 1. The lowest BCUT2D eigenvalue weighted by molar-refractivity contribution is 0.103. The molecule has 0 aliphatic rings. The predicted molar refractivity (Wildman–Crippen MR) is 102 cm³/mol. The smallest absolute Gasteiger partial charge is 0.269 e. The van der Waals surface area contributed by atoms with Gasteiger partial charge in [0.2, 0.25) is 0 Å². The third kappa shape index (κ3) is 3.62. The second kappa shape index (κ2) is 7.48. The van der Waals surface area contributed by atoms with Gasteiger partial charge in [-0.15, -0.1) is 0 Å². The lowest BCUT2D eigenvalue weighted by Gasteiger charge is -2.17. The molecule has 0 saturated carbocycles. The van der Waals surface area contributed by atoms with Crippen molar-refractivity contribution in [2.45, 2.75) is 13.0 Å². The molecule has 1 aromatic heterocycles. The highest BCUT2D eigenvalue weighted by molar-refractivity contribution is 6.31. The number of pyridine rings is 1. The Morgan fingerprint density at radius 2 is 1.89 bits per heavy atom. The molecule has 0 amide bonds. The summed E-state index contributed by atoms with van der Waals surface area (Å²) in [4.78, 5) is 25.5. The van der Waals surface area contributed by atoms with Crippen LogP contribution in [0.1, 0.15) is 40.0 Å². The number of nitriles is 1. The van der Waals surface area contributed by atoms with E-state index in [0.29, 0.717) is 5.02 Å². The SMILES string of the molecule is C[C@H](c1ccccc1)n1cc(C(=O)c2cc(Cl)ccc2O)cc(C#N)c1=O. The number of ketones is 1. The van der Waals surface area contributed by atoms with E-state index >= 15 is 0 Å². The molecule has 0 unspecified atom stereocenters. The van der Waals surface area contributed by atoms with E-state index in [2.05, 4.69) is 0 Å². The molecule has 5 nitrogen and oxygen atoms in total. The van der Waals surface area contributed by atoms with E-state index in [0.717, 1.165) is 5.56 Å². The summed E-state index contributed by atoms with van der Waals surface area (Å²) in [6.45, 7) is 1.81. The van der Waals surface area contributed by atoms with E-state index in [1.807, 2.05) is 43.3 Å². The van der Waals surface area contributed by atoms with Gasteiger partial charge in [-0.2, -0.15) is 5.26 Å². The van der Waals surface area contributed by atoms with Crippen molar-refractivity contribution >= 4 is 17.4 Å². The first-order valence-corrected chi connectivity index (χ1v) is 8.54. The van der Waals surface area contributed by atoms with E-state index < -0.39 is 11.3 Å². The van der Waals surface area contributed by atoms with Gasteiger partial charge in [-0.05, 0) is 36.8 Å². The Hall–Kier alpha value is -3.36. The van der Waals surface area contributed by atoms with E-state index in [1.54, 1.807) is 0 Å². The zero-order valence-electron chi connectivity index (χ0n) is 14.4. The van der Waals surface area contributed by atoms with Gasteiger partial charge in [-0.25, -0.2) is 0 Å². The van der Waals surface area contributed by atoms with Crippen LogP contribution in [0.15, 0.2) is 65.6 Å². The Morgan fingerprint density at radius 1 is 1.19 bits per heavy atom. The van der Waals surface area contributed by atoms with Crippen molar-refractivity contribution in [1.29, 1.82) is 5.26 Å². The standard InChI is InChI=1S/C21H15ClN2O3/c1-13(14-5-3-2-4-6-14)24-12-16(9-15(11-23)21(24)27)20(26)18-10-17(22)7-8-19(18)25/h2-10,12-13,25H,1H3/t13-/m1/s1. The third-order valence-electron chi connectivity index (χ3n) is 4.33. The van der Waals surface area contributed by atoms with Gasteiger partial charge in [0.1, 0.15) is 17.4 Å². The van der Waals surface area contributed by atoms with Crippen LogP contribution in [-0.2, 0) is 0 Å². The molecule has 3 rings (SSSR count). The van der Waals surface area contributed by atoms with Crippen molar-refractivity contribution in [3.63, 3.8) is 0 Å². The second-order valence-corrected chi connectivity index (χ2v) is 6.48. The second-order valence-electron chi connectivity index (χ2n) is 6.04. The van der Waals surface area contributed by atoms with Crippen molar-refractivity contribution in [2.24, 2.45) is 0 Å². The van der Waals surface area contributed by atoms with Gasteiger partial charge in [0.05, 0.1) is 11.6 Å². The molecule has 0 aliphatic carbocycles. The fraction of sp³-hybridized carbons (Fsp3) is 0.0952. The lowest BCUT2D eigenvalue weighted by Crippen LogP contribution is -2.27. The van der Waals surface area contributed by atoms with Crippen molar-refractivity contribution in [3.8, 4) is 11.8 Å².